The number of nitrogens with one attached hydrogen (secondary N) is 1. The Kier molecular flexibility index (Phi) is 11.1. The maximum atomic E-state index is 16.2. The van der Waals surface area contributed by atoms with E-state index in [0.29, 0.717) is 39.0 Å². The van der Waals surface area contributed by atoms with Crippen molar-refractivity contribution in [2.45, 2.75) is 51.0 Å². The van der Waals surface area contributed by atoms with Crippen molar-refractivity contribution in [2.75, 3.05) is 38.6 Å². The maximum absolute atomic E-state index is 16.2. The van der Waals surface area contributed by atoms with E-state index >= 15 is 8.78 Å². The largest absolute Gasteiger partial charge is 0.375 e. The van der Waals surface area contributed by atoms with Crippen molar-refractivity contribution in [1.82, 2.24) is 14.4 Å². The summed E-state index contributed by atoms with van der Waals surface area (Å²) in [5.41, 5.74) is 0.101. The molecular weight excluding hydrogens is 578 g/mol. The zero-order valence-corrected chi connectivity index (χ0v) is 25.2. The molecule has 8 nitrogen and oxygen atoms in total. The van der Waals surface area contributed by atoms with E-state index in [1.165, 1.54) is 30.2 Å². The summed E-state index contributed by atoms with van der Waals surface area (Å²) >= 11 is 6.00. The van der Waals surface area contributed by atoms with E-state index in [9.17, 15) is 14.4 Å². The van der Waals surface area contributed by atoms with Crippen LogP contribution < -0.4 is 10.9 Å². The Morgan fingerprint density at radius 3 is 2.40 bits per heavy atom. The van der Waals surface area contributed by atoms with Gasteiger partial charge in [0.15, 0.2) is 5.67 Å². The van der Waals surface area contributed by atoms with Gasteiger partial charge in [0, 0.05) is 69.6 Å². The van der Waals surface area contributed by atoms with Crippen LogP contribution in [-0.4, -0.2) is 65.6 Å². The number of hydrogen-bond acceptors (Lipinski definition) is 5. The van der Waals surface area contributed by atoms with E-state index in [2.05, 4.69) is 10.2 Å². The molecule has 43 heavy (non-hydrogen) atoms. The van der Waals surface area contributed by atoms with Crippen LogP contribution in [0.3, 0.4) is 0 Å². The molecular formula is C32H37ClF2N4O4. The number of aromatic nitrogens is 1. The average molecular weight is 615 g/mol. The summed E-state index contributed by atoms with van der Waals surface area (Å²) < 4.78 is 38.5. The SMILES string of the molecule is CCCN(CC(OC)c1c(NC=O)ccc(Cl)c1F)C(=O)C1(F)CCN(Cc2ccc(Cn3ccccc3=O)cc2)CC1. The molecule has 11 heteroatoms. The standard InChI is InChI=1S/C32H37ClF2N4O4/c1-3-15-39(21-27(43-2)29-26(36-22-40)12-11-25(33)30(29)34)31(42)32(35)13-17-37(18-14-32)19-23-7-9-24(10-8-23)20-38-16-5-4-6-28(38)41/h4-12,16,22,27H,3,13-15,17-21H2,1-2H3,(H,36,40). The van der Waals surface area contributed by atoms with Crippen LogP contribution in [0.2, 0.25) is 5.02 Å². The quantitative estimate of drug-likeness (QED) is 0.268. The zero-order chi connectivity index (χ0) is 31.0. The fourth-order valence-corrected chi connectivity index (χ4v) is 5.62. The Hall–Kier alpha value is -3.60. The van der Waals surface area contributed by atoms with Gasteiger partial charge >= 0.3 is 0 Å². The van der Waals surface area contributed by atoms with Crippen LogP contribution in [0.15, 0.2) is 65.6 Å². The first-order valence-electron chi connectivity index (χ1n) is 14.3. The number of methoxy groups -OCH3 is 1. The molecule has 1 atom stereocenters. The molecule has 1 aliphatic rings. The van der Waals surface area contributed by atoms with Gasteiger partial charge in [0.05, 0.1) is 18.1 Å². The third-order valence-corrected chi connectivity index (χ3v) is 8.13. The number of likely N-dealkylation sites (tertiary alicyclic amines) is 1. The van der Waals surface area contributed by atoms with E-state index < -0.39 is 23.5 Å². The Bertz CT molecular complexity index is 1460. The van der Waals surface area contributed by atoms with Crippen LogP contribution in [0.4, 0.5) is 14.5 Å². The summed E-state index contributed by atoms with van der Waals surface area (Å²) in [6, 6.07) is 15.8. The highest BCUT2D eigenvalue weighted by Gasteiger charge is 2.44. The first-order chi connectivity index (χ1) is 20.7. The van der Waals surface area contributed by atoms with Crippen LogP contribution in [-0.2, 0) is 27.4 Å². The molecule has 1 saturated heterocycles. The summed E-state index contributed by atoms with van der Waals surface area (Å²) in [5.74, 6) is -1.42. The van der Waals surface area contributed by atoms with Gasteiger partial charge in [-0.15, -0.1) is 0 Å². The van der Waals surface area contributed by atoms with Crippen molar-refractivity contribution in [3.8, 4) is 0 Å². The molecule has 1 fully saturated rings. The fraction of sp³-hybridized carbons (Fsp3) is 0.406. The fourth-order valence-electron chi connectivity index (χ4n) is 5.46. The van der Waals surface area contributed by atoms with Crippen LogP contribution in [0.5, 0.6) is 0 Å². The smallest absolute Gasteiger partial charge is 0.260 e. The summed E-state index contributed by atoms with van der Waals surface area (Å²) in [7, 11) is 1.36. The lowest BCUT2D eigenvalue weighted by Crippen LogP contribution is -2.53. The highest BCUT2D eigenvalue weighted by Crippen LogP contribution is 2.35. The molecule has 1 N–H and O–H groups in total. The molecule has 2 heterocycles. The van der Waals surface area contributed by atoms with Crippen LogP contribution in [0, 0.1) is 5.82 Å². The molecule has 0 aliphatic carbocycles. The van der Waals surface area contributed by atoms with Crippen molar-refractivity contribution < 1.29 is 23.1 Å². The van der Waals surface area contributed by atoms with Gasteiger partial charge < -0.3 is 19.5 Å². The Morgan fingerprint density at radius 1 is 1.12 bits per heavy atom. The van der Waals surface area contributed by atoms with Crippen molar-refractivity contribution in [2.24, 2.45) is 0 Å². The van der Waals surface area contributed by atoms with Gasteiger partial charge in [-0.3, -0.25) is 19.3 Å². The third-order valence-electron chi connectivity index (χ3n) is 7.83. The van der Waals surface area contributed by atoms with Crippen molar-refractivity contribution in [3.63, 3.8) is 0 Å². The van der Waals surface area contributed by atoms with Crippen molar-refractivity contribution >= 4 is 29.6 Å². The lowest BCUT2D eigenvalue weighted by molar-refractivity contribution is -0.149. The summed E-state index contributed by atoms with van der Waals surface area (Å²) in [6.45, 7) is 3.91. The number of ether oxygens (including phenoxy) is 1. The van der Waals surface area contributed by atoms with Gasteiger partial charge in [0.2, 0.25) is 6.41 Å². The minimum Gasteiger partial charge on any atom is -0.375 e. The highest BCUT2D eigenvalue weighted by molar-refractivity contribution is 6.30. The number of nitrogens with zero attached hydrogens (tertiary/aromatic N) is 3. The van der Waals surface area contributed by atoms with Crippen molar-refractivity contribution in [1.29, 1.82) is 0 Å². The monoisotopic (exact) mass is 614 g/mol. The normalized spacial score (nSPS) is 15.6. The number of anilines is 1. The number of carbonyl (C=O) groups is 2. The predicted molar refractivity (Wildman–Crippen MR) is 162 cm³/mol. The van der Waals surface area contributed by atoms with Crippen LogP contribution in [0.25, 0.3) is 0 Å². The number of amides is 2. The Balaban J connectivity index is 1.39. The van der Waals surface area contributed by atoms with E-state index in [-0.39, 0.29) is 47.8 Å². The molecule has 2 aromatic carbocycles. The number of carbonyl (C=O) groups excluding carboxylic acids is 2. The first kappa shape index (κ1) is 32.3. The molecule has 0 radical (unpaired) electrons. The highest BCUT2D eigenvalue weighted by atomic mass is 35.5. The van der Waals surface area contributed by atoms with E-state index in [0.717, 1.165) is 11.1 Å². The number of piperidine rings is 1. The first-order valence-corrected chi connectivity index (χ1v) is 14.7. The second-order valence-corrected chi connectivity index (χ2v) is 11.2. The van der Waals surface area contributed by atoms with Gasteiger partial charge in [-0.2, -0.15) is 0 Å². The molecule has 4 rings (SSSR count). The number of halogens is 3. The zero-order valence-electron chi connectivity index (χ0n) is 24.4. The molecule has 1 unspecified atom stereocenters. The molecule has 0 spiro atoms. The molecule has 0 saturated carbocycles. The molecule has 1 aliphatic heterocycles. The topological polar surface area (TPSA) is 83.9 Å². The molecule has 1 aromatic heterocycles. The number of benzene rings is 2. The van der Waals surface area contributed by atoms with Crippen LogP contribution >= 0.6 is 11.6 Å². The Labute approximate surface area is 255 Å². The van der Waals surface area contributed by atoms with Gasteiger partial charge in [-0.25, -0.2) is 8.78 Å². The van der Waals surface area contributed by atoms with Crippen LogP contribution in [0.1, 0.15) is 49.0 Å². The van der Waals surface area contributed by atoms with Crippen molar-refractivity contribution in [3.05, 3.63) is 98.7 Å². The Morgan fingerprint density at radius 2 is 1.79 bits per heavy atom. The number of alkyl halides is 1. The summed E-state index contributed by atoms with van der Waals surface area (Å²) in [4.78, 5) is 40.2. The third kappa shape index (κ3) is 7.87. The minimum atomic E-state index is -2.06. The van der Waals surface area contributed by atoms with E-state index in [4.69, 9.17) is 16.3 Å². The number of rotatable bonds is 13. The second kappa shape index (κ2) is 14.7. The summed E-state index contributed by atoms with van der Waals surface area (Å²) in [6.07, 6.45) is 1.81. The lowest BCUT2D eigenvalue weighted by atomic mass is 9.91. The van der Waals surface area contributed by atoms with Gasteiger partial charge in [0.1, 0.15) is 11.9 Å². The predicted octanol–water partition coefficient (Wildman–Crippen LogP) is 5.19. The number of pyridine rings is 1. The molecule has 2 amide bonds. The van der Waals surface area contributed by atoms with Gasteiger partial charge in [0.25, 0.3) is 11.5 Å². The van der Waals surface area contributed by atoms with E-state index in [1.807, 2.05) is 37.3 Å². The lowest BCUT2D eigenvalue weighted by Gasteiger charge is -2.39. The summed E-state index contributed by atoms with van der Waals surface area (Å²) in [5, 5.41) is 2.29. The molecule has 3 aromatic rings. The number of hydrogen-bond donors (Lipinski definition) is 1. The average Bonchev–Trinajstić information content (AvgIpc) is 3.01. The van der Waals surface area contributed by atoms with E-state index in [1.54, 1.807) is 16.8 Å². The second-order valence-electron chi connectivity index (χ2n) is 10.8. The van der Waals surface area contributed by atoms with Gasteiger partial charge in [-0.05, 0) is 35.7 Å². The van der Waals surface area contributed by atoms with Gasteiger partial charge in [-0.1, -0.05) is 48.9 Å². The minimum absolute atomic E-state index is 0.000536. The molecule has 0 bridgehead atoms. The molecule has 230 valence electrons. The maximum Gasteiger partial charge on any atom is 0.260 e.